The zero-order valence-corrected chi connectivity index (χ0v) is 12.0. The highest BCUT2D eigenvalue weighted by atomic mass is 79.9. The van der Waals surface area contributed by atoms with Gasteiger partial charge in [-0.1, -0.05) is 41.9 Å². The van der Waals surface area contributed by atoms with Crippen LogP contribution in [0.5, 0.6) is 0 Å². The summed E-state index contributed by atoms with van der Waals surface area (Å²) in [5.74, 6) is -0.215. The standard InChI is InChI=1S/C14H19BrFN/c1-4-14(3,10-17-5-2)9-11-6-7-12(16)8-13(11)15/h4,6-8,17H,1,5,9-10H2,2-3H3. The molecule has 1 N–H and O–H groups in total. The molecule has 0 aliphatic heterocycles. The van der Waals surface area contributed by atoms with E-state index in [9.17, 15) is 4.39 Å². The Morgan fingerprint density at radius 1 is 1.53 bits per heavy atom. The van der Waals surface area contributed by atoms with Crippen molar-refractivity contribution in [3.05, 3.63) is 46.7 Å². The first kappa shape index (κ1) is 14.4. The molecule has 0 bridgehead atoms. The van der Waals surface area contributed by atoms with Gasteiger partial charge in [-0.05, 0) is 30.7 Å². The Bertz CT molecular complexity index is 392. The van der Waals surface area contributed by atoms with Crippen molar-refractivity contribution in [3.8, 4) is 0 Å². The summed E-state index contributed by atoms with van der Waals surface area (Å²) in [5.41, 5.74) is 1.09. The van der Waals surface area contributed by atoms with Crippen molar-refractivity contribution in [1.82, 2.24) is 5.32 Å². The Morgan fingerprint density at radius 2 is 2.24 bits per heavy atom. The Hall–Kier alpha value is -0.670. The third-order valence-corrected chi connectivity index (χ3v) is 3.62. The topological polar surface area (TPSA) is 12.0 Å². The summed E-state index contributed by atoms with van der Waals surface area (Å²) in [6.07, 6.45) is 2.80. The molecule has 1 unspecified atom stereocenters. The Labute approximate surface area is 111 Å². The Kier molecular flexibility index (Phi) is 5.34. The Balaban J connectivity index is 2.83. The van der Waals surface area contributed by atoms with Crippen LogP contribution in [0.2, 0.25) is 0 Å². The lowest BCUT2D eigenvalue weighted by Crippen LogP contribution is -2.32. The molecule has 0 saturated heterocycles. The summed E-state index contributed by atoms with van der Waals surface area (Å²) in [6.45, 7) is 9.94. The van der Waals surface area contributed by atoms with E-state index in [4.69, 9.17) is 0 Å². The van der Waals surface area contributed by atoms with E-state index in [0.29, 0.717) is 0 Å². The van der Waals surface area contributed by atoms with Crippen molar-refractivity contribution < 1.29 is 4.39 Å². The van der Waals surface area contributed by atoms with Gasteiger partial charge in [0.25, 0.3) is 0 Å². The molecular weight excluding hydrogens is 281 g/mol. The minimum atomic E-state index is -0.215. The molecule has 1 aromatic rings. The summed E-state index contributed by atoms with van der Waals surface area (Å²) in [7, 11) is 0. The maximum atomic E-state index is 13.0. The van der Waals surface area contributed by atoms with E-state index in [0.717, 1.165) is 29.5 Å². The van der Waals surface area contributed by atoms with Gasteiger partial charge in [-0.15, -0.1) is 6.58 Å². The van der Waals surface area contributed by atoms with Crippen LogP contribution in [0.4, 0.5) is 4.39 Å². The normalized spacial score (nSPS) is 14.4. The van der Waals surface area contributed by atoms with Crippen LogP contribution in [0.25, 0.3) is 0 Å². The second-order valence-electron chi connectivity index (χ2n) is 4.55. The summed E-state index contributed by atoms with van der Waals surface area (Å²) in [6, 6.07) is 4.83. The van der Waals surface area contributed by atoms with Gasteiger partial charge in [0.15, 0.2) is 0 Å². The average molecular weight is 300 g/mol. The first-order valence-electron chi connectivity index (χ1n) is 5.79. The van der Waals surface area contributed by atoms with Crippen LogP contribution in [0.1, 0.15) is 19.4 Å². The second kappa shape index (κ2) is 6.31. The maximum absolute atomic E-state index is 13.0. The summed E-state index contributed by atoms with van der Waals surface area (Å²) < 4.78 is 13.8. The molecule has 0 spiro atoms. The fraction of sp³-hybridized carbons (Fsp3) is 0.429. The first-order chi connectivity index (χ1) is 8.00. The predicted molar refractivity (Wildman–Crippen MR) is 74.7 cm³/mol. The quantitative estimate of drug-likeness (QED) is 0.785. The lowest BCUT2D eigenvalue weighted by molar-refractivity contribution is 0.395. The highest BCUT2D eigenvalue weighted by Gasteiger charge is 2.21. The van der Waals surface area contributed by atoms with Crippen LogP contribution in [0, 0.1) is 11.2 Å². The van der Waals surface area contributed by atoms with Crippen molar-refractivity contribution in [2.45, 2.75) is 20.3 Å². The molecule has 1 atom stereocenters. The molecular formula is C14H19BrFN. The van der Waals surface area contributed by atoms with Gasteiger partial charge in [0.05, 0.1) is 0 Å². The molecule has 0 amide bonds. The lowest BCUT2D eigenvalue weighted by Gasteiger charge is -2.26. The van der Waals surface area contributed by atoms with Gasteiger partial charge in [0, 0.05) is 16.4 Å². The summed E-state index contributed by atoms with van der Waals surface area (Å²) in [4.78, 5) is 0. The fourth-order valence-corrected chi connectivity index (χ4v) is 2.21. The largest absolute Gasteiger partial charge is 0.316 e. The average Bonchev–Trinajstić information content (AvgIpc) is 2.30. The molecule has 0 saturated carbocycles. The highest BCUT2D eigenvalue weighted by Crippen LogP contribution is 2.28. The van der Waals surface area contributed by atoms with Crippen LogP contribution in [0.15, 0.2) is 35.3 Å². The van der Waals surface area contributed by atoms with Gasteiger partial charge in [0.1, 0.15) is 5.82 Å². The molecule has 0 aliphatic rings. The number of rotatable bonds is 6. The first-order valence-corrected chi connectivity index (χ1v) is 6.58. The van der Waals surface area contributed by atoms with Crippen molar-refractivity contribution >= 4 is 15.9 Å². The third kappa shape index (κ3) is 4.25. The summed E-state index contributed by atoms with van der Waals surface area (Å²) in [5, 5.41) is 3.33. The zero-order chi connectivity index (χ0) is 12.9. The van der Waals surface area contributed by atoms with Gasteiger partial charge in [-0.2, -0.15) is 0 Å². The van der Waals surface area contributed by atoms with Gasteiger partial charge in [-0.25, -0.2) is 4.39 Å². The molecule has 0 heterocycles. The van der Waals surface area contributed by atoms with Crippen molar-refractivity contribution in [1.29, 1.82) is 0 Å². The van der Waals surface area contributed by atoms with Crippen molar-refractivity contribution in [2.24, 2.45) is 5.41 Å². The molecule has 1 nitrogen and oxygen atoms in total. The third-order valence-electron chi connectivity index (χ3n) is 2.88. The maximum Gasteiger partial charge on any atom is 0.124 e. The molecule has 0 fully saturated rings. The molecule has 3 heteroatoms. The van der Waals surface area contributed by atoms with Gasteiger partial charge in [0.2, 0.25) is 0 Å². The molecule has 17 heavy (non-hydrogen) atoms. The van der Waals surface area contributed by atoms with Crippen LogP contribution < -0.4 is 5.32 Å². The van der Waals surface area contributed by atoms with E-state index >= 15 is 0 Å². The summed E-state index contributed by atoms with van der Waals surface area (Å²) >= 11 is 3.40. The SMILES string of the molecule is C=CC(C)(CNCC)Cc1ccc(F)cc1Br. The molecule has 0 aromatic heterocycles. The van der Waals surface area contributed by atoms with E-state index in [1.54, 1.807) is 0 Å². The lowest BCUT2D eigenvalue weighted by atomic mass is 9.83. The molecule has 0 radical (unpaired) electrons. The van der Waals surface area contributed by atoms with E-state index < -0.39 is 0 Å². The minimum absolute atomic E-state index is 0.0175. The molecule has 1 rings (SSSR count). The van der Waals surface area contributed by atoms with Crippen molar-refractivity contribution in [3.63, 3.8) is 0 Å². The monoisotopic (exact) mass is 299 g/mol. The van der Waals surface area contributed by atoms with E-state index in [1.165, 1.54) is 12.1 Å². The number of hydrogen-bond acceptors (Lipinski definition) is 1. The van der Waals surface area contributed by atoms with Gasteiger partial charge >= 0.3 is 0 Å². The number of hydrogen-bond donors (Lipinski definition) is 1. The van der Waals surface area contributed by atoms with Crippen LogP contribution in [-0.4, -0.2) is 13.1 Å². The number of halogens is 2. The van der Waals surface area contributed by atoms with Crippen LogP contribution >= 0.6 is 15.9 Å². The number of nitrogens with one attached hydrogen (secondary N) is 1. The van der Waals surface area contributed by atoms with Crippen LogP contribution in [0.3, 0.4) is 0 Å². The smallest absolute Gasteiger partial charge is 0.124 e. The molecule has 94 valence electrons. The van der Waals surface area contributed by atoms with Crippen LogP contribution in [-0.2, 0) is 6.42 Å². The highest BCUT2D eigenvalue weighted by molar-refractivity contribution is 9.10. The van der Waals surface area contributed by atoms with Crippen molar-refractivity contribution in [2.75, 3.05) is 13.1 Å². The second-order valence-corrected chi connectivity index (χ2v) is 5.41. The zero-order valence-electron chi connectivity index (χ0n) is 10.4. The predicted octanol–water partition coefficient (Wildman–Crippen LogP) is 3.93. The van der Waals surface area contributed by atoms with E-state index in [2.05, 4.69) is 41.7 Å². The molecule has 1 aromatic carbocycles. The van der Waals surface area contributed by atoms with E-state index in [1.807, 2.05) is 12.1 Å². The van der Waals surface area contributed by atoms with Gasteiger partial charge < -0.3 is 5.32 Å². The van der Waals surface area contributed by atoms with E-state index in [-0.39, 0.29) is 11.2 Å². The Morgan fingerprint density at radius 3 is 2.76 bits per heavy atom. The molecule has 0 aliphatic carbocycles. The number of benzene rings is 1. The fourth-order valence-electron chi connectivity index (χ4n) is 1.72. The van der Waals surface area contributed by atoms with Gasteiger partial charge in [-0.3, -0.25) is 0 Å². The minimum Gasteiger partial charge on any atom is -0.316 e.